The Labute approximate surface area is 186 Å². The topological polar surface area (TPSA) is 49.1 Å². The molecule has 1 saturated heterocycles. The van der Waals surface area contributed by atoms with E-state index in [1.807, 2.05) is 30.3 Å². The van der Waals surface area contributed by atoms with Crippen LogP contribution in [0.3, 0.4) is 0 Å². The molecule has 2 unspecified atom stereocenters. The molecule has 2 aliphatic rings. The maximum atomic E-state index is 12.2. The Morgan fingerprint density at radius 3 is 2.71 bits per heavy atom. The van der Waals surface area contributed by atoms with E-state index in [4.69, 9.17) is 9.15 Å². The van der Waals surface area contributed by atoms with Gasteiger partial charge >= 0.3 is 0 Å². The molecule has 1 aromatic carbocycles. The molecule has 2 fully saturated rings. The molecular formula is C26H36N2O3. The number of hydrogen-bond donors (Lipinski definition) is 1. The summed E-state index contributed by atoms with van der Waals surface area (Å²) >= 11 is 0. The lowest BCUT2D eigenvalue weighted by Crippen LogP contribution is -2.50. The number of likely N-dealkylation sites (N-methyl/N-ethyl adjacent to an activating group) is 1. The molecule has 1 aromatic heterocycles. The first-order chi connectivity index (χ1) is 15.1. The van der Waals surface area contributed by atoms with Crippen LogP contribution >= 0.6 is 0 Å². The molecule has 0 bridgehead atoms. The number of rotatable bonds is 6. The highest BCUT2D eigenvalue weighted by molar-refractivity contribution is 5.48. The van der Waals surface area contributed by atoms with Crippen molar-refractivity contribution in [1.29, 1.82) is 0 Å². The van der Waals surface area contributed by atoms with E-state index in [-0.39, 0.29) is 5.92 Å². The van der Waals surface area contributed by atoms with Crippen molar-refractivity contribution in [2.45, 2.75) is 37.7 Å². The van der Waals surface area contributed by atoms with Crippen LogP contribution in [0.15, 0.2) is 52.7 Å². The zero-order valence-corrected chi connectivity index (χ0v) is 18.9. The van der Waals surface area contributed by atoms with Crippen molar-refractivity contribution in [2.24, 2.45) is 5.92 Å². The molecule has 1 aliphatic carbocycles. The minimum atomic E-state index is -0.813. The van der Waals surface area contributed by atoms with Gasteiger partial charge in [0.25, 0.3) is 0 Å². The van der Waals surface area contributed by atoms with Crippen molar-refractivity contribution in [1.82, 2.24) is 9.80 Å². The van der Waals surface area contributed by atoms with Crippen LogP contribution < -0.4 is 4.74 Å². The Morgan fingerprint density at radius 2 is 1.97 bits per heavy atom. The fourth-order valence-corrected chi connectivity index (χ4v) is 5.16. The van der Waals surface area contributed by atoms with Crippen molar-refractivity contribution in [3.8, 4) is 5.75 Å². The third kappa shape index (κ3) is 5.59. The number of benzene rings is 1. The minimum Gasteiger partial charge on any atom is -0.496 e. The van der Waals surface area contributed by atoms with E-state index >= 15 is 0 Å². The van der Waals surface area contributed by atoms with Gasteiger partial charge < -0.3 is 24.1 Å². The number of piperazine rings is 1. The van der Waals surface area contributed by atoms with Gasteiger partial charge in [0.15, 0.2) is 0 Å². The van der Waals surface area contributed by atoms with E-state index < -0.39 is 5.60 Å². The summed E-state index contributed by atoms with van der Waals surface area (Å²) in [6.07, 6.45) is 8.25. The summed E-state index contributed by atoms with van der Waals surface area (Å²) in [4.78, 5) is 4.92. The molecule has 5 nitrogen and oxygen atoms in total. The molecular weight excluding hydrogens is 388 g/mol. The Morgan fingerprint density at radius 1 is 1.16 bits per heavy atom. The average molecular weight is 425 g/mol. The highest BCUT2D eigenvalue weighted by Gasteiger charge is 2.40. The Hall–Kier alpha value is -2.08. The first kappa shape index (κ1) is 22.1. The van der Waals surface area contributed by atoms with Gasteiger partial charge in [-0.05, 0) is 62.6 Å². The Kier molecular flexibility index (Phi) is 7.16. The fourth-order valence-electron chi connectivity index (χ4n) is 5.16. The molecule has 168 valence electrons. The first-order valence-corrected chi connectivity index (χ1v) is 11.5. The van der Waals surface area contributed by atoms with Gasteiger partial charge in [0, 0.05) is 45.1 Å². The van der Waals surface area contributed by atoms with Crippen LogP contribution in [0.5, 0.6) is 5.75 Å². The number of methoxy groups -OCH3 is 1. The first-order valence-electron chi connectivity index (χ1n) is 11.5. The lowest BCUT2D eigenvalue weighted by molar-refractivity contribution is -0.0350. The highest BCUT2D eigenvalue weighted by Crippen LogP contribution is 2.40. The molecule has 0 spiro atoms. The molecule has 2 heterocycles. The lowest BCUT2D eigenvalue weighted by Gasteiger charge is -2.41. The number of aliphatic hydroxyl groups is 1. The summed E-state index contributed by atoms with van der Waals surface area (Å²) in [5.74, 6) is 1.95. The summed E-state index contributed by atoms with van der Waals surface area (Å²) in [7, 11) is 3.90. The quantitative estimate of drug-likeness (QED) is 0.708. The van der Waals surface area contributed by atoms with Gasteiger partial charge in [0.1, 0.15) is 11.5 Å². The van der Waals surface area contributed by atoms with Crippen LogP contribution in [0, 0.1) is 5.92 Å². The van der Waals surface area contributed by atoms with Crippen LogP contribution in [-0.4, -0.2) is 67.4 Å². The van der Waals surface area contributed by atoms with Crippen LogP contribution in [-0.2, 0) is 6.42 Å². The maximum absolute atomic E-state index is 12.2. The van der Waals surface area contributed by atoms with Crippen molar-refractivity contribution in [3.05, 3.63) is 59.6 Å². The second-order valence-electron chi connectivity index (χ2n) is 9.28. The van der Waals surface area contributed by atoms with Gasteiger partial charge in [-0.3, -0.25) is 0 Å². The predicted molar refractivity (Wildman–Crippen MR) is 124 cm³/mol. The Balaban J connectivity index is 1.60. The second-order valence-corrected chi connectivity index (χ2v) is 9.28. The van der Waals surface area contributed by atoms with E-state index in [9.17, 15) is 5.11 Å². The number of para-hydroxylation sites is 1. The van der Waals surface area contributed by atoms with Crippen molar-refractivity contribution >= 4 is 6.08 Å². The standard InChI is InChI=1S/C26H36N2O3/c1-27-12-14-28(15-13-27)20-23-9-5-7-21(17-24-10-6-16-31-24)18-26(23,29)19-22-8-3-4-11-25(22)30-2/h3-4,6,8,10-11,16-17,23,29H,5,7,9,12-15,18-20H2,1-2H3/b21-17-. The van der Waals surface area contributed by atoms with Crippen molar-refractivity contribution < 1.29 is 14.3 Å². The molecule has 0 radical (unpaired) electrons. The zero-order chi connectivity index (χ0) is 21.7. The van der Waals surface area contributed by atoms with Gasteiger partial charge in [0.2, 0.25) is 0 Å². The summed E-state index contributed by atoms with van der Waals surface area (Å²) in [5, 5.41) is 12.2. The highest BCUT2D eigenvalue weighted by atomic mass is 16.5. The van der Waals surface area contributed by atoms with Gasteiger partial charge in [0.05, 0.1) is 19.0 Å². The van der Waals surface area contributed by atoms with E-state index in [1.165, 1.54) is 5.57 Å². The monoisotopic (exact) mass is 424 g/mol. The van der Waals surface area contributed by atoms with E-state index in [1.54, 1.807) is 13.4 Å². The number of hydrogen-bond acceptors (Lipinski definition) is 5. The van der Waals surface area contributed by atoms with Crippen LogP contribution in [0.2, 0.25) is 0 Å². The van der Waals surface area contributed by atoms with Crippen LogP contribution in [0.25, 0.3) is 6.08 Å². The molecule has 5 heteroatoms. The second kappa shape index (κ2) is 10.0. The lowest BCUT2D eigenvalue weighted by atomic mass is 9.77. The molecule has 4 rings (SSSR count). The van der Waals surface area contributed by atoms with E-state index in [2.05, 4.69) is 29.0 Å². The molecule has 2 aromatic rings. The number of ether oxygens (including phenoxy) is 1. The van der Waals surface area contributed by atoms with E-state index in [0.717, 1.165) is 69.1 Å². The molecule has 1 saturated carbocycles. The predicted octanol–water partition coefficient (Wildman–Crippen LogP) is 4.08. The summed E-state index contributed by atoms with van der Waals surface area (Å²) < 4.78 is 11.2. The normalized spacial score (nSPS) is 27.3. The number of furan rings is 1. The van der Waals surface area contributed by atoms with Crippen molar-refractivity contribution in [2.75, 3.05) is 46.9 Å². The largest absolute Gasteiger partial charge is 0.496 e. The van der Waals surface area contributed by atoms with E-state index in [0.29, 0.717) is 12.8 Å². The third-order valence-electron chi connectivity index (χ3n) is 7.00. The number of nitrogens with zero attached hydrogens (tertiary/aromatic N) is 2. The molecule has 2 atom stereocenters. The fraction of sp³-hybridized carbons (Fsp3) is 0.538. The molecule has 31 heavy (non-hydrogen) atoms. The average Bonchev–Trinajstić information content (AvgIpc) is 3.22. The van der Waals surface area contributed by atoms with Gasteiger partial charge in [-0.15, -0.1) is 0 Å². The SMILES string of the molecule is COc1ccccc1CC1(O)C/C(=C\c2ccco2)CCCC1CN1CCN(C)CC1. The smallest absolute Gasteiger partial charge is 0.126 e. The van der Waals surface area contributed by atoms with Gasteiger partial charge in [-0.1, -0.05) is 23.8 Å². The van der Waals surface area contributed by atoms with Crippen LogP contribution in [0.4, 0.5) is 0 Å². The summed E-state index contributed by atoms with van der Waals surface area (Å²) in [5.41, 5.74) is 1.54. The zero-order valence-electron chi connectivity index (χ0n) is 18.9. The molecule has 1 aliphatic heterocycles. The molecule has 0 amide bonds. The van der Waals surface area contributed by atoms with Gasteiger partial charge in [-0.2, -0.15) is 0 Å². The third-order valence-corrected chi connectivity index (χ3v) is 7.00. The van der Waals surface area contributed by atoms with Crippen molar-refractivity contribution in [3.63, 3.8) is 0 Å². The molecule has 1 N–H and O–H groups in total. The summed E-state index contributed by atoms with van der Waals surface area (Å²) in [6.45, 7) is 5.30. The maximum Gasteiger partial charge on any atom is 0.126 e. The summed E-state index contributed by atoms with van der Waals surface area (Å²) in [6, 6.07) is 12.0. The van der Waals surface area contributed by atoms with Crippen LogP contribution in [0.1, 0.15) is 37.0 Å². The van der Waals surface area contributed by atoms with Gasteiger partial charge in [-0.25, -0.2) is 0 Å². The Bertz CT molecular complexity index is 855. The minimum absolute atomic E-state index is 0.225.